The molecule has 0 spiro atoms. The summed E-state index contributed by atoms with van der Waals surface area (Å²) in [6, 6.07) is 9.42. The Morgan fingerprint density at radius 2 is 1.97 bits per heavy atom. The van der Waals surface area contributed by atoms with Gasteiger partial charge in [0.2, 0.25) is 0 Å². The van der Waals surface area contributed by atoms with Gasteiger partial charge in [-0.05, 0) is 54.3 Å². The van der Waals surface area contributed by atoms with E-state index in [-0.39, 0.29) is 18.4 Å². The Morgan fingerprint density at radius 3 is 2.69 bits per heavy atom. The number of hydrogen-bond donors (Lipinski definition) is 3. The van der Waals surface area contributed by atoms with Crippen molar-refractivity contribution in [2.45, 2.75) is 25.8 Å². The molecule has 8 nitrogen and oxygen atoms in total. The van der Waals surface area contributed by atoms with E-state index < -0.39 is 11.9 Å². The number of ether oxygens (including phenoxy) is 2. The van der Waals surface area contributed by atoms with Crippen molar-refractivity contribution in [1.29, 1.82) is 0 Å². The molecule has 0 bridgehead atoms. The van der Waals surface area contributed by atoms with Crippen molar-refractivity contribution >= 4 is 16.8 Å². The van der Waals surface area contributed by atoms with Crippen molar-refractivity contribution in [3.63, 3.8) is 0 Å². The molecular weight excluding hydrogens is 451 g/mol. The van der Waals surface area contributed by atoms with E-state index in [0.717, 1.165) is 23.1 Å². The van der Waals surface area contributed by atoms with Gasteiger partial charge in [-0.2, -0.15) is 0 Å². The van der Waals surface area contributed by atoms with E-state index in [2.05, 4.69) is 20.3 Å². The maximum Gasteiger partial charge on any atom is 0.316 e. The SMILES string of the molecule is CCCOc1ccc(-c2cnc(OC)nc2)cc1C(=O)NC(CO)Cc1c[nH]c2ccc(F)cc12. The third-order valence-electron chi connectivity index (χ3n) is 5.58. The van der Waals surface area contributed by atoms with Crippen LogP contribution in [-0.2, 0) is 6.42 Å². The number of aromatic nitrogens is 3. The predicted molar refractivity (Wildman–Crippen MR) is 130 cm³/mol. The van der Waals surface area contributed by atoms with E-state index in [0.29, 0.717) is 35.3 Å². The van der Waals surface area contributed by atoms with E-state index in [4.69, 9.17) is 9.47 Å². The first-order chi connectivity index (χ1) is 17.0. The van der Waals surface area contributed by atoms with Gasteiger partial charge in [0.1, 0.15) is 11.6 Å². The number of halogens is 1. The molecule has 9 heteroatoms. The third-order valence-corrected chi connectivity index (χ3v) is 5.58. The molecule has 0 aliphatic carbocycles. The van der Waals surface area contributed by atoms with Crippen LogP contribution in [0.2, 0.25) is 0 Å². The predicted octanol–water partition coefficient (Wildman–Crippen LogP) is 3.89. The van der Waals surface area contributed by atoms with Crippen LogP contribution in [-0.4, -0.2) is 52.3 Å². The van der Waals surface area contributed by atoms with E-state index >= 15 is 0 Å². The second-order valence-corrected chi connectivity index (χ2v) is 8.08. The van der Waals surface area contributed by atoms with Gasteiger partial charge in [-0.1, -0.05) is 13.0 Å². The standard InChI is InChI=1S/C26H27FN4O4/c1-3-8-35-24-7-4-16(18-13-29-26(34-2)30-14-18)10-22(24)25(33)31-20(15-32)9-17-12-28-23-6-5-19(27)11-21(17)23/h4-7,10-14,20,28,32H,3,8-9,15H2,1-2H3,(H,31,33). The van der Waals surface area contributed by atoms with E-state index in [9.17, 15) is 14.3 Å². The fraction of sp³-hybridized carbons (Fsp3) is 0.269. The summed E-state index contributed by atoms with van der Waals surface area (Å²) in [5, 5.41) is 13.6. The van der Waals surface area contributed by atoms with Crippen molar-refractivity contribution in [3.8, 4) is 22.9 Å². The largest absolute Gasteiger partial charge is 0.493 e. The topological polar surface area (TPSA) is 109 Å². The second kappa shape index (κ2) is 11.0. The van der Waals surface area contributed by atoms with Gasteiger partial charge in [-0.25, -0.2) is 14.4 Å². The summed E-state index contributed by atoms with van der Waals surface area (Å²) in [5.41, 5.74) is 3.35. The number of amides is 1. The number of rotatable bonds is 10. The highest BCUT2D eigenvalue weighted by atomic mass is 19.1. The molecule has 1 amide bonds. The minimum Gasteiger partial charge on any atom is -0.493 e. The number of methoxy groups -OCH3 is 1. The highest BCUT2D eigenvalue weighted by molar-refractivity contribution is 5.98. The molecule has 0 aliphatic rings. The first-order valence-corrected chi connectivity index (χ1v) is 11.3. The number of aliphatic hydroxyl groups excluding tert-OH is 1. The van der Waals surface area contributed by atoms with Gasteiger partial charge in [0.25, 0.3) is 5.91 Å². The molecule has 4 rings (SSSR count). The summed E-state index contributed by atoms with van der Waals surface area (Å²) in [7, 11) is 1.49. The summed E-state index contributed by atoms with van der Waals surface area (Å²) < 4.78 is 24.6. The number of nitrogens with one attached hydrogen (secondary N) is 2. The highest BCUT2D eigenvalue weighted by Crippen LogP contribution is 2.27. The lowest BCUT2D eigenvalue weighted by Crippen LogP contribution is -2.39. The number of aromatic amines is 1. The molecule has 0 radical (unpaired) electrons. The van der Waals surface area contributed by atoms with Gasteiger partial charge in [0.15, 0.2) is 0 Å². The van der Waals surface area contributed by atoms with E-state index in [1.807, 2.05) is 13.0 Å². The summed E-state index contributed by atoms with van der Waals surface area (Å²) >= 11 is 0. The molecule has 0 saturated carbocycles. The van der Waals surface area contributed by atoms with Crippen molar-refractivity contribution in [1.82, 2.24) is 20.3 Å². The fourth-order valence-corrected chi connectivity index (χ4v) is 3.80. The van der Waals surface area contributed by atoms with Crippen LogP contribution in [0, 0.1) is 5.82 Å². The quantitative estimate of drug-likeness (QED) is 0.319. The van der Waals surface area contributed by atoms with Crippen LogP contribution in [0.4, 0.5) is 4.39 Å². The zero-order valence-corrected chi connectivity index (χ0v) is 19.5. The molecule has 0 aliphatic heterocycles. The zero-order chi connectivity index (χ0) is 24.8. The Hall–Kier alpha value is -3.98. The number of fused-ring (bicyclic) bond motifs is 1. The summed E-state index contributed by atoms with van der Waals surface area (Å²) in [6.45, 7) is 2.15. The van der Waals surface area contributed by atoms with Crippen molar-refractivity contribution in [2.75, 3.05) is 20.3 Å². The lowest BCUT2D eigenvalue weighted by atomic mass is 10.0. The fourth-order valence-electron chi connectivity index (χ4n) is 3.80. The number of carbonyl (C=O) groups is 1. The van der Waals surface area contributed by atoms with E-state index in [1.54, 1.807) is 36.8 Å². The molecule has 2 heterocycles. The van der Waals surface area contributed by atoms with Crippen LogP contribution >= 0.6 is 0 Å². The summed E-state index contributed by atoms with van der Waals surface area (Å²) in [5.74, 6) is -0.300. The zero-order valence-electron chi connectivity index (χ0n) is 19.5. The number of benzene rings is 2. The Labute approximate surface area is 202 Å². The number of nitrogens with zero attached hydrogens (tertiary/aromatic N) is 2. The van der Waals surface area contributed by atoms with Crippen molar-refractivity contribution in [3.05, 3.63) is 71.9 Å². The van der Waals surface area contributed by atoms with Crippen LogP contribution < -0.4 is 14.8 Å². The molecule has 182 valence electrons. The maximum absolute atomic E-state index is 13.7. The Bertz CT molecular complexity index is 1310. The summed E-state index contributed by atoms with van der Waals surface area (Å²) in [6.07, 6.45) is 6.09. The van der Waals surface area contributed by atoms with Gasteiger partial charge < -0.3 is 24.9 Å². The van der Waals surface area contributed by atoms with Crippen molar-refractivity contribution < 1.29 is 23.8 Å². The molecule has 0 saturated heterocycles. The lowest BCUT2D eigenvalue weighted by Gasteiger charge is -2.18. The monoisotopic (exact) mass is 478 g/mol. The smallest absolute Gasteiger partial charge is 0.316 e. The molecule has 2 aromatic heterocycles. The second-order valence-electron chi connectivity index (χ2n) is 8.08. The van der Waals surface area contributed by atoms with Crippen LogP contribution in [0.1, 0.15) is 29.3 Å². The number of aliphatic hydroxyl groups is 1. The Balaban J connectivity index is 1.59. The van der Waals surface area contributed by atoms with Crippen LogP contribution in [0.25, 0.3) is 22.0 Å². The van der Waals surface area contributed by atoms with E-state index in [1.165, 1.54) is 19.2 Å². The first kappa shape index (κ1) is 24.2. The minimum absolute atomic E-state index is 0.248. The average molecular weight is 479 g/mol. The molecule has 0 fully saturated rings. The Morgan fingerprint density at radius 1 is 1.17 bits per heavy atom. The normalized spacial score (nSPS) is 11.9. The van der Waals surface area contributed by atoms with Crippen LogP contribution in [0.15, 0.2) is 55.0 Å². The Kier molecular flexibility index (Phi) is 7.57. The molecule has 1 atom stereocenters. The lowest BCUT2D eigenvalue weighted by molar-refractivity contribution is 0.0912. The minimum atomic E-state index is -0.586. The molecule has 4 aromatic rings. The van der Waals surface area contributed by atoms with Crippen molar-refractivity contribution in [2.24, 2.45) is 0 Å². The number of carbonyl (C=O) groups excluding carboxylic acids is 1. The summed E-state index contributed by atoms with van der Waals surface area (Å²) in [4.78, 5) is 24.7. The van der Waals surface area contributed by atoms with Gasteiger partial charge in [-0.3, -0.25) is 4.79 Å². The molecular formula is C26H27FN4O4. The molecule has 1 unspecified atom stereocenters. The molecule has 35 heavy (non-hydrogen) atoms. The van der Waals surface area contributed by atoms with Crippen LogP contribution in [0.3, 0.4) is 0 Å². The highest BCUT2D eigenvalue weighted by Gasteiger charge is 2.20. The third kappa shape index (κ3) is 5.58. The molecule has 3 N–H and O–H groups in total. The average Bonchev–Trinajstić information content (AvgIpc) is 3.28. The first-order valence-electron chi connectivity index (χ1n) is 11.3. The maximum atomic E-state index is 13.7. The van der Waals surface area contributed by atoms with Crippen LogP contribution in [0.5, 0.6) is 11.8 Å². The molecule has 2 aromatic carbocycles. The van der Waals surface area contributed by atoms with Gasteiger partial charge >= 0.3 is 6.01 Å². The van der Waals surface area contributed by atoms with Gasteiger partial charge in [0.05, 0.1) is 31.9 Å². The number of hydrogen-bond acceptors (Lipinski definition) is 6. The van der Waals surface area contributed by atoms with Gasteiger partial charge in [-0.15, -0.1) is 0 Å². The van der Waals surface area contributed by atoms with Gasteiger partial charge in [0, 0.05) is 35.1 Å². The number of H-pyrrole nitrogens is 1.